The first-order chi connectivity index (χ1) is 7.45. The number of aromatic nitrogens is 3. The Morgan fingerprint density at radius 1 is 0.933 bits per heavy atom. The molecule has 0 aliphatic rings. The molecule has 0 unspecified atom stereocenters. The summed E-state index contributed by atoms with van der Waals surface area (Å²) in [5.74, 6) is 0. The number of pyridine rings is 1. The smallest absolute Gasteiger partial charge is 0.131 e. The Morgan fingerprint density at radius 3 is 2.67 bits per heavy atom. The van der Waals surface area contributed by atoms with Crippen LogP contribution >= 0.6 is 11.7 Å². The van der Waals surface area contributed by atoms with Gasteiger partial charge in [0.1, 0.15) is 11.0 Å². The van der Waals surface area contributed by atoms with Gasteiger partial charge in [0.25, 0.3) is 0 Å². The van der Waals surface area contributed by atoms with Crippen molar-refractivity contribution in [1.82, 2.24) is 13.7 Å². The van der Waals surface area contributed by atoms with Gasteiger partial charge in [-0.05, 0) is 6.07 Å². The second kappa shape index (κ2) is 3.40. The van der Waals surface area contributed by atoms with Gasteiger partial charge < -0.3 is 0 Å². The van der Waals surface area contributed by atoms with Crippen molar-refractivity contribution in [3.8, 4) is 11.3 Å². The Morgan fingerprint density at radius 2 is 1.80 bits per heavy atom. The standard InChI is InChI=1S/C11H7N3S/c1-2-4-8(5-3-1)10-11-9(6-7-12-10)13-15-14-11/h1-7H. The highest BCUT2D eigenvalue weighted by atomic mass is 32.1. The Labute approximate surface area is 90.8 Å². The van der Waals surface area contributed by atoms with Crippen molar-refractivity contribution in [3.63, 3.8) is 0 Å². The lowest BCUT2D eigenvalue weighted by atomic mass is 10.1. The van der Waals surface area contributed by atoms with E-state index < -0.39 is 0 Å². The maximum Gasteiger partial charge on any atom is 0.131 e. The fourth-order valence-electron chi connectivity index (χ4n) is 1.52. The van der Waals surface area contributed by atoms with Crippen LogP contribution in [-0.2, 0) is 0 Å². The highest BCUT2D eigenvalue weighted by Crippen LogP contribution is 2.24. The Hall–Kier alpha value is -1.81. The maximum absolute atomic E-state index is 4.35. The molecule has 0 aliphatic carbocycles. The van der Waals surface area contributed by atoms with Crippen LogP contribution in [0.25, 0.3) is 22.3 Å². The minimum absolute atomic E-state index is 0.883. The molecular weight excluding hydrogens is 206 g/mol. The van der Waals surface area contributed by atoms with Crippen LogP contribution in [0.4, 0.5) is 0 Å². The molecule has 0 N–H and O–H groups in total. The van der Waals surface area contributed by atoms with Crippen LogP contribution in [0, 0.1) is 0 Å². The van der Waals surface area contributed by atoms with Crippen LogP contribution in [0.1, 0.15) is 0 Å². The van der Waals surface area contributed by atoms with Gasteiger partial charge in [-0.2, -0.15) is 8.75 Å². The number of hydrogen-bond acceptors (Lipinski definition) is 4. The van der Waals surface area contributed by atoms with Gasteiger partial charge in [0, 0.05) is 11.8 Å². The average molecular weight is 213 g/mol. The minimum Gasteiger partial charge on any atom is -0.254 e. The molecule has 3 rings (SSSR count). The van der Waals surface area contributed by atoms with Crippen molar-refractivity contribution in [2.75, 3.05) is 0 Å². The summed E-state index contributed by atoms with van der Waals surface area (Å²) in [6.07, 6.45) is 1.77. The lowest BCUT2D eigenvalue weighted by Crippen LogP contribution is -1.84. The van der Waals surface area contributed by atoms with Crippen molar-refractivity contribution < 1.29 is 0 Å². The molecule has 0 saturated heterocycles. The van der Waals surface area contributed by atoms with Gasteiger partial charge in [-0.25, -0.2) is 0 Å². The fraction of sp³-hybridized carbons (Fsp3) is 0. The van der Waals surface area contributed by atoms with Crippen LogP contribution < -0.4 is 0 Å². The summed E-state index contributed by atoms with van der Waals surface area (Å²) in [5, 5.41) is 0. The maximum atomic E-state index is 4.35. The molecule has 0 amide bonds. The van der Waals surface area contributed by atoms with Gasteiger partial charge in [0.15, 0.2) is 0 Å². The van der Waals surface area contributed by atoms with Gasteiger partial charge >= 0.3 is 0 Å². The van der Waals surface area contributed by atoms with Crippen molar-refractivity contribution in [1.29, 1.82) is 0 Å². The third-order valence-electron chi connectivity index (χ3n) is 2.22. The van der Waals surface area contributed by atoms with Gasteiger partial charge in [-0.3, -0.25) is 4.98 Å². The van der Waals surface area contributed by atoms with Crippen LogP contribution in [-0.4, -0.2) is 13.7 Å². The van der Waals surface area contributed by atoms with Crippen LogP contribution in [0.5, 0.6) is 0 Å². The Kier molecular flexibility index (Phi) is 1.93. The first-order valence-corrected chi connectivity index (χ1v) is 5.31. The molecule has 4 heteroatoms. The van der Waals surface area contributed by atoms with Crippen molar-refractivity contribution in [2.24, 2.45) is 0 Å². The summed E-state index contributed by atoms with van der Waals surface area (Å²) in [5.41, 5.74) is 3.78. The van der Waals surface area contributed by atoms with Crippen molar-refractivity contribution in [2.45, 2.75) is 0 Å². The number of rotatable bonds is 1. The monoisotopic (exact) mass is 213 g/mol. The molecule has 0 radical (unpaired) electrons. The summed E-state index contributed by atoms with van der Waals surface area (Å²) >= 11 is 1.22. The molecule has 0 bridgehead atoms. The topological polar surface area (TPSA) is 38.7 Å². The van der Waals surface area contributed by atoms with E-state index in [0.717, 1.165) is 22.3 Å². The Balaban J connectivity index is 2.31. The summed E-state index contributed by atoms with van der Waals surface area (Å²) in [6.45, 7) is 0. The highest BCUT2D eigenvalue weighted by Gasteiger charge is 2.07. The van der Waals surface area contributed by atoms with E-state index in [1.165, 1.54) is 11.7 Å². The molecule has 3 nitrogen and oxygen atoms in total. The molecule has 15 heavy (non-hydrogen) atoms. The van der Waals surface area contributed by atoms with Gasteiger partial charge in [-0.1, -0.05) is 30.3 Å². The first-order valence-electron chi connectivity index (χ1n) is 4.58. The second-order valence-electron chi connectivity index (χ2n) is 3.16. The molecule has 0 aliphatic heterocycles. The molecule has 0 fully saturated rings. The lowest BCUT2D eigenvalue weighted by Gasteiger charge is -1.99. The van der Waals surface area contributed by atoms with E-state index in [0.29, 0.717) is 0 Å². The largest absolute Gasteiger partial charge is 0.254 e. The van der Waals surface area contributed by atoms with E-state index in [1.54, 1.807) is 6.20 Å². The lowest BCUT2D eigenvalue weighted by molar-refractivity contribution is 1.34. The SMILES string of the molecule is c1ccc(-c2nccc3nsnc23)cc1. The van der Waals surface area contributed by atoms with E-state index in [1.807, 2.05) is 36.4 Å². The number of hydrogen-bond donors (Lipinski definition) is 0. The second-order valence-corrected chi connectivity index (χ2v) is 3.69. The fourth-order valence-corrected chi connectivity index (χ4v) is 2.06. The van der Waals surface area contributed by atoms with E-state index in [9.17, 15) is 0 Å². The van der Waals surface area contributed by atoms with Crippen molar-refractivity contribution in [3.05, 3.63) is 42.6 Å². The van der Waals surface area contributed by atoms with Gasteiger partial charge in [-0.15, -0.1) is 0 Å². The number of benzene rings is 1. The molecule has 72 valence electrons. The van der Waals surface area contributed by atoms with Crippen LogP contribution in [0.15, 0.2) is 42.6 Å². The zero-order valence-electron chi connectivity index (χ0n) is 7.79. The summed E-state index contributed by atoms with van der Waals surface area (Å²) in [6, 6.07) is 11.9. The highest BCUT2D eigenvalue weighted by molar-refractivity contribution is 7.00. The molecule has 3 aromatic rings. The van der Waals surface area contributed by atoms with E-state index in [2.05, 4.69) is 13.7 Å². The first kappa shape index (κ1) is 8.49. The van der Waals surface area contributed by atoms with E-state index >= 15 is 0 Å². The zero-order valence-corrected chi connectivity index (χ0v) is 8.61. The molecule has 0 saturated carbocycles. The zero-order chi connectivity index (χ0) is 10.1. The Bertz CT molecular complexity index is 589. The van der Waals surface area contributed by atoms with Crippen LogP contribution in [0.3, 0.4) is 0 Å². The van der Waals surface area contributed by atoms with Gasteiger partial charge in [0.05, 0.1) is 17.4 Å². The predicted molar refractivity (Wildman–Crippen MR) is 60.6 cm³/mol. The molecule has 0 atom stereocenters. The van der Waals surface area contributed by atoms with Crippen molar-refractivity contribution >= 4 is 22.8 Å². The summed E-state index contributed by atoms with van der Waals surface area (Å²) in [4.78, 5) is 4.35. The summed E-state index contributed by atoms with van der Waals surface area (Å²) < 4.78 is 8.46. The summed E-state index contributed by atoms with van der Waals surface area (Å²) in [7, 11) is 0. The molecule has 2 aromatic heterocycles. The number of nitrogens with zero attached hydrogens (tertiary/aromatic N) is 3. The molecular formula is C11H7N3S. The van der Waals surface area contributed by atoms with E-state index in [4.69, 9.17) is 0 Å². The molecule has 2 heterocycles. The number of fused-ring (bicyclic) bond motifs is 1. The normalized spacial score (nSPS) is 10.7. The average Bonchev–Trinajstić information content (AvgIpc) is 2.78. The quantitative estimate of drug-likeness (QED) is 0.624. The van der Waals surface area contributed by atoms with Gasteiger partial charge in [0.2, 0.25) is 0 Å². The minimum atomic E-state index is 0.883. The predicted octanol–water partition coefficient (Wildman–Crippen LogP) is 2.75. The third kappa shape index (κ3) is 1.39. The molecule has 1 aromatic carbocycles. The third-order valence-corrected chi connectivity index (χ3v) is 2.76. The van der Waals surface area contributed by atoms with Crippen LogP contribution in [0.2, 0.25) is 0 Å². The van der Waals surface area contributed by atoms with E-state index in [-0.39, 0.29) is 0 Å². The molecule has 0 spiro atoms.